The van der Waals surface area contributed by atoms with E-state index >= 15 is 0 Å². The second-order valence-electron chi connectivity index (χ2n) is 5.17. The Bertz CT molecular complexity index is 479. The van der Waals surface area contributed by atoms with E-state index < -0.39 is 0 Å². The molecule has 0 N–H and O–H groups in total. The highest BCUT2D eigenvalue weighted by atomic mass is 16.6. The number of likely N-dealkylation sites (N-methyl/N-ethyl adjacent to an activating group) is 1. The molecule has 6 heteroatoms. The number of cyclic esters (lactones) is 1. The lowest BCUT2D eigenvalue weighted by Crippen LogP contribution is -2.32. The zero-order chi connectivity index (χ0) is 13.2. The van der Waals surface area contributed by atoms with Gasteiger partial charge in [0, 0.05) is 18.7 Å². The fourth-order valence-corrected chi connectivity index (χ4v) is 2.71. The Morgan fingerprint density at radius 3 is 3.00 bits per heavy atom. The van der Waals surface area contributed by atoms with Crippen LogP contribution in [0.2, 0.25) is 0 Å². The molecular formula is C13H18N4O2. The van der Waals surface area contributed by atoms with E-state index in [-0.39, 0.29) is 6.09 Å². The number of hydrogen-bond donors (Lipinski definition) is 0. The zero-order valence-electron chi connectivity index (χ0n) is 11.1. The predicted octanol–water partition coefficient (Wildman–Crippen LogP) is 1.24. The number of nitrogens with zero attached hydrogens (tertiary/aromatic N) is 4. The van der Waals surface area contributed by atoms with E-state index in [1.165, 1.54) is 6.42 Å². The summed E-state index contributed by atoms with van der Waals surface area (Å²) in [5.74, 6) is 1.01. The third kappa shape index (κ3) is 2.53. The Kier molecular flexibility index (Phi) is 3.33. The number of amides is 1. The van der Waals surface area contributed by atoms with Gasteiger partial charge in [-0.25, -0.2) is 9.78 Å². The predicted molar refractivity (Wildman–Crippen MR) is 70.2 cm³/mol. The van der Waals surface area contributed by atoms with Crippen molar-refractivity contribution in [2.24, 2.45) is 0 Å². The summed E-state index contributed by atoms with van der Waals surface area (Å²) in [6.07, 6.45) is 5.43. The van der Waals surface area contributed by atoms with E-state index in [2.05, 4.69) is 21.9 Å². The van der Waals surface area contributed by atoms with Gasteiger partial charge < -0.3 is 9.64 Å². The highest BCUT2D eigenvalue weighted by Crippen LogP contribution is 2.26. The van der Waals surface area contributed by atoms with Gasteiger partial charge in [-0.2, -0.15) is 0 Å². The Balaban J connectivity index is 1.81. The van der Waals surface area contributed by atoms with Gasteiger partial charge in [-0.3, -0.25) is 9.88 Å². The number of ether oxygens (including phenoxy) is 1. The number of rotatable bonds is 2. The van der Waals surface area contributed by atoms with Crippen molar-refractivity contribution in [3.8, 4) is 0 Å². The van der Waals surface area contributed by atoms with E-state index in [0.717, 1.165) is 25.2 Å². The number of carbonyl (C=O) groups is 1. The van der Waals surface area contributed by atoms with Gasteiger partial charge in [0.2, 0.25) is 0 Å². The third-order valence-electron chi connectivity index (χ3n) is 3.72. The van der Waals surface area contributed by atoms with Crippen LogP contribution in [-0.2, 0) is 4.74 Å². The van der Waals surface area contributed by atoms with Gasteiger partial charge in [-0.05, 0) is 26.4 Å². The number of piperidine rings is 1. The normalized spacial score (nSPS) is 24.6. The monoisotopic (exact) mass is 262 g/mol. The average Bonchev–Trinajstić information content (AvgIpc) is 2.85. The molecule has 3 rings (SSSR count). The largest absolute Gasteiger partial charge is 0.447 e. The van der Waals surface area contributed by atoms with Crippen LogP contribution < -0.4 is 4.90 Å². The Morgan fingerprint density at radius 1 is 1.37 bits per heavy atom. The molecule has 0 radical (unpaired) electrons. The number of aromatic nitrogens is 2. The van der Waals surface area contributed by atoms with Crippen LogP contribution in [0.1, 0.15) is 24.5 Å². The summed E-state index contributed by atoms with van der Waals surface area (Å²) in [4.78, 5) is 24.2. The smallest absolute Gasteiger partial charge is 0.415 e. The van der Waals surface area contributed by atoms with Crippen LogP contribution in [0.15, 0.2) is 12.4 Å². The summed E-state index contributed by atoms with van der Waals surface area (Å²) < 4.78 is 4.93. The summed E-state index contributed by atoms with van der Waals surface area (Å²) in [7, 11) is 2.13. The van der Waals surface area contributed by atoms with Gasteiger partial charge >= 0.3 is 6.09 Å². The van der Waals surface area contributed by atoms with Crippen molar-refractivity contribution in [1.82, 2.24) is 14.9 Å². The minimum Gasteiger partial charge on any atom is -0.447 e. The van der Waals surface area contributed by atoms with E-state index in [9.17, 15) is 4.79 Å². The van der Waals surface area contributed by atoms with Gasteiger partial charge in [0.25, 0.3) is 0 Å². The molecule has 2 aliphatic rings. The lowest BCUT2D eigenvalue weighted by atomic mass is 9.95. The maximum absolute atomic E-state index is 11.5. The average molecular weight is 262 g/mol. The molecule has 0 spiro atoms. The molecule has 1 aromatic heterocycles. The second kappa shape index (κ2) is 5.13. The molecule has 1 amide bonds. The van der Waals surface area contributed by atoms with E-state index in [4.69, 9.17) is 4.74 Å². The van der Waals surface area contributed by atoms with Crippen LogP contribution in [0.3, 0.4) is 0 Å². The molecule has 0 unspecified atom stereocenters. The molecule has 0 saturated carbocycles. The maximum Gasteiger partial charge on any atom is 0.415 e. The number of likely N-dealkylation sites (tertiary alicyclic amines) is 1. The van der Waals surface area contributed by atoms with Crippen LogP contribution in [0.4, 0.5) is 10.6 Å². The fraction of sp³-hybridized carbons (Fsp3) is 0.615. The standard InChI is InChI=1S/C13H18N4O2/c1-16-4-2-3-10(9-16)11-7-14-8-12(15-11)17-5-6-19-13(17)18/h7-8,10H,2-6,9H2,1H3/t10-/m1/s1. The molecule has 102 valence electrons. The number of anilines is 1. The van der Waals surface area contributed by atoms with Crippen LogP contribution in [0.25, 0.3) is 0 Å². The summed E-state index contributed by atoms with van der Waals surface area (Å²) in [6, 6.07) is 0. The molecule has 2 fully saturated rings. The molecule has 19 heavy (non-hydrogen) atoms. The van der Waals surface area contributed by atoms with Crippen molar-refractivity contribution in [1.29, 1.82) is 0 Å². The van der Waals surface area contributed by atoms with Crippen molar-refractivity contribution in [3.63, 3.8) is 0 Å². The van der Waals surface area contributed by atoms with Gasteiger partial charge in [0.15, 0.2) is 5.82 Å². The quantitative estimate of drug-likeness (QED) is 0.802. The fourth-order valence-electron chi connectivity index (χ4n) is 2.71. The molecular weight excluding hydrogens is 244 g/mol. The van der Waals surface area contributed by atoms with Crippen molar-refractivity contribution >= 4 is 11.9 Å². The maximum atomic E-state index is 11.5. The highest BCUT2D eigenvalue weighted by molar-refractivity contribution is 5.87. The van der Waals surface area contributed by atoms with Crippen LogP contribution in [0.5, 0.6) is 0 Å². The van der Waals surface area contributed by atoms with Crippen molar-refractivity contribution < 1.29 is 9.53 Å². The van der Waals surface area contributed by atoms with Crippen molar-refractivity contribution in [2.45, 2.75) is 18.8 Å². The van der Waals surface area contributed by atoms with Crippen molar-refractivity contribution in [3.05, 3.63) is 18.1 Å². The van der Waals surface area contributed by atoms with E-state index in [1.807, 2.05) is 6.20 Å². The molecule has 6 nitrogen and oxygen atoms in total. The summed E-state index contributed by atoms with van der Waals surface area (Å²) in [5, 5.41) is 0. The Labute approximate surface area is 112 Å². The molecule has 1 atom stereocenters. The van der Waals surface area contributed by atoms with Gasteiger partial charge in [0.1, 0.15) is 6.61 Å². The molecule has 0 bridgehead atoms. The lowest BCUT2D eigenvalue weighted by molar-refractivity contribution is 0.181. The van der Waals surface area contributed by atoms with E-state index in [0.29, 0.717) is 24.9 Å². The minimum atomic E-state index is -0.327. The molecule has 0 aliphatic carbocycles. The third-order valence-corrected chi connectivity index (χ3v) is 3.72. The van der Waals surface area contributed by atoms with Gasteiger partial charge in [0.05, 0.1) is 18.4 Å². The molecule has 0 aromatic carbocycles. The number of carbonyl (C=O) groups excluding carboxylic acids is 1. The SMILES string of the molecule is CN1CCC[C@@H](c2cncc(N3CCOC3=O)n2)C1. The van der Waals surface area contributed by atoms with Crippen LogP contribution in [0, 0.1) is 0 Å². The first-order valence-corrected chi connectivity index (χ1v) is 6.69. The second-order valence-corrected chi connectivity index (χ2v) is 5.17. The van der Waals surface area contributed by atoms with E-state index in [1.54, 1.807) is 11.1 Å². The van der Waals surface area contributed by atoms with Gasteiger partial charge in [-0.1, -0.05) is 0 Å². The lowest BCUT2D eigenvalue weighted by Gasteiger charge is -2.29. The molecule has 2 aliphatic heterocycles. The topological polar surface area (TPSA) is 58.6 Å². The van der Waals surface area contributed by atoms with Crippen LogP contribution >= 0.6 is 0 Å². The first-order chi connectivity index (χ1) is 9.24. The number of hydrogen-bond acceptors (Lipinski definition) is 5. The van der Waals surface area contributed by atoms with Crippen LogP contribution in [-0.4, -0.2) is 54.2 Å². The summed E-state index contributed by atoms with van der Waals surface area (Å²) in [5.41, 5.74) is 0.976. The Hall–Kier alpha value is -1.69. The summed E-state index contributed by atoms with van der Waals surface area (Å²) >= 11 is 0. The minimum absolute atomic E-state index is 0.327. The van der Waals surface area contributed by atoms with Crippen molar-refractivity contribution in [2.75, 3.05) is 38.2 Å². The molecule has 2 saturated heterocycles. The first kappa shape index (κ1) is 12.3. The zero-order valence-corrected chi connectivity index (χ0v) is 11.1. The highest BCUT2D eigenvalue weighted by Gasteiger charge is 2.26. The summed E-state index contributed by atoms with van der Waals surface area (Å²) in [6.45, 7) is 3.13. The Morgan fingerprint density at radius 2 is 2.26 bits per heavy atom. The molecule has 1 aromatic rings. The molecule has 3 heterocycles. The van der Waals surface area contributed by atoms with Gasteiger partial charge in [-0.15, -0.1) is 0 Å². The first-order valence-electron chi connectivity index (χ1n) is 6.69.